The van der Waals surface area contributed by atoms with E-state index in [0.717, 1.165) is 5.56 Å². The molecule has 3 amide bonds. The van der Waals surface area contributed by atoms with Crippen molar-refractivity contribution in [3.05, 3.63) is 29.8 Å². The van der Waals surface area contributed by atoms with Crippen molar-refractivity contribution in [3.8, 4) is 0 Å². The van der Waals surface area contributed by atoms with Gasteiger partial charge in [0.2, 0.25) is 17.7 Å². The molecule has 150 valence electrons. The van der Waals surface area contributed by atoms with Gasteiger partial charge in [0.15, 0.2) is 0 Å². The van der Waals surface area contributed by atoms with Gasteiger partial charge in [0, 0.05) is 18.3 Å². The molecule has 1 aromatic carbocycles. The van der Waals surface area contributed by atoms with Crippen molar-refractivity contribution in [1.82, 2.24) is 15.1 Å². The van der Waals surface area contributed by atoms with Crippen molar-refractivity contribution in [2.24, 2.45) is 0 Å². The minimum absolute atomic E-state index is 0.0432. The molecule has 7 nitrogen and oxygen atoms in total. The van der Waals surface area contributed by atoms with Gasteiger partial charge in [0.1, 0.15) is 0 Å². The van der Waals surface area contributed by atoms with E-state index in [2.05, 4.69) is 10.6 Å². The summed E-state index contributed by atoms with van der Waals surface area (Å²) in [5, 5.41) is 5.65. The number of benzene rings is 1. The largest absolute Gasteiger partial charge is 0.350 e. The molecule has 0 aliphatic rings. The molecular weight excluding hydrogens is 344 g/mol. The van der Waals surface area contributed by atoms with Crippen molar-refractivity contribution in [1.29, 1.82) is 0 Å². The number of rotatable bonds is 8. The van der Waals surface area contributed by atoms with Crippen LogP contribution >= 0.6 is 0 Å². The van der Waals surface area contributed by atoms with E-state index in [1.165, 1.54) is 4.90 Å². The molecule has 0 saturated carbocycles. The molecule has 0 radical (unpaired) electrons. The predicted octanol–water partition coefficient (Wildman–Crippen LogP) is 1.63. The average molecular weight is 377 g/mol. The van der Waals surface area contributed by atoms with Crippen LogP contribution in [0.1, 0.15) is 33.3 Å². The Bertz CT molecular complexity index is 650. The fourth-order valence-electron chi connectivity index (χ4n) is 2.39. The van der Waals surface area contributed by atoms with Crippen LogP contribution in [0.5, 0.6) is 0 Å². The zero-order valence-corrected chi connectivity index (χ0v) is 17.3. The van der Waals surface area contributed by atoms with Crippen LogP contribution in [0, 0.1) is 6.92 Å². The summed E-state index contributed by atoms with van der Waals surface area (Å²) in [6.45, 7) is 10.3. The molecule has 1 rings (SSSR count). The smallest absolute Gasteiger partial charge is 0.243 e. The van der Waals surface area contributed by atoms with E-state index in [4.69, 9.17) is 0 Å². The van der Waals surface area contributed by atoms with Gasteiger partial charge in [0.25, 0.3) is 0 Å². The quantitative estimate of drug-likeness (QED) is 0.722. The third-order valence-corrected chi connectivity index (χ3v) is 3.83. The van der Waals surface area contributed by atoms with Gasteiger partial charge in [-0.1, -0.05) is 24.6 Å². The molecule has 0 unspecified atom stereocenters. The van der Waals surface area contributed by atoms with Crippen LogP contribution in [0.2, 0.25) is 0 Å². The summed E-state index contributed by atoms with van der Waals surface area (Å²) in [6.07, 6.45) is 0. The highest BCUT2D eigenvalue weighted by Crippen LogP contribution is 2.08. The van der Waals surface area contributed by atoms with Crippen molar-refractivity contribution in [3.63, 3.8) is 0 Å². The molecule has 0 bridgehead atoms. The van der Waals surface area contributed by atoms with Gasteiger partial charge in [-0.15, -0.1) is 0 Å². The highest BCUT2D eigenvalue weighted by atomic mass is 16.2. The summed E-state index contributed by atoms with van der Waals surface area (Å²) in [6, 6.07) is 7.46. The third-order valence-electron chi connectivity index (χ3n) is 3.83. The second-order valence-corrected chi connectivity index (χ2v) is 7.77. The fourth-order valence-corrected chi connectivity index (χ4v) is 2.39. The number of nitrogens with zero attached hydrogens (tertiary/aromatic N) is 2. The van der Waals surface area contributed by atoms with Gasteiger partial charge >= 0.3 is 0 Å². The number of carbonyl (C=O) groups excluding carboxylic acids is 3. The maximum absolute atomic E-state index is 12.4. The molecule has 0 heterocycles. The normalized spacial score (nSPS) is 11.2. The number of hydrogen-bond donors (Lipinski definition) is 2. The minimum Gasteiger partial charge on any atom is -0.350 e. The van der Waals surface area contributed by atoms with Crippen LogP contribution in [0.25, 0.3) is 0 Å². The van der Waals surface area contributed by atoms with Crippen LogP contribution in [0.15, 0.2) is 24.3 Å². The summed E-state index contributed by atoms with van der Waals surface area (Å²) in [7, 11) is 1.58. The molecule has 0 saturated heterocycles. The van der Waals surface area contributed by atoms with Crippen LogP contribution in [-0.2, 0) is 14.4 Å². The van der Waals surface area contributed by atoms with Gasteiger partial charge < -0.3 is 15.5 Å². The average Bonchev–Trinajstić information content (AvgIpc) is 2.54. The molecule has 0 atom stereocenters. The van der Waals surface area contributed by atoms with Crippen LogP contribution in [-0.4, -0.2) is 66.3 Å². The lowest BCUT2D eigenvalue weighted by molar-refractivity contribution is -0.135. The van der Waals surface area contributed by atoms with Gasteiger partial charge in [-0.2, -0.15) is 0 Å². The summed E-state index contributed by atoms with van der Waals surface area (Å²) < 4.78 is 0. The number of anilines is 1. The highest BCUT2D eigenvalue weighted by Gasteiger charge is 2.20. The summed E-state index contributed by atoms with van der Waals surface area (Å²) >= 11 is 0. The molecule has 7 heteroatoms. The van der Waals surface area contributed by atoms with Crippen LogP contribution in [0.4, 0.5) is 5.69 Å². The summed E-state index contributed by atoms with van der Waals surface area (Å²) in [5.74, 6) is -0.598. The molecule has 0 aromatic heterocycles. The van der Waals surface area contributed by atoms with Gasteiger partial charge in [-0.25, -0.2) is 0 Å². The van der Waals surface area contributed by atoms with Gasteiger partial charge in [-0.3, -0.25) is 19.3 Å². The fraction of sp³-hybridized carbons (Fsp3) is 0.550. The molecular formula is C20H32N4O3. The standard InChI is InChI=1S/C20H32N4O3/c1-7-24(13-18(26)22-20(3,4)5)14-19(27)23(6)12-17(25)21-16-10-8-15(2)9-11-16/h8-11H,7,12-14H2,1-6H3,(H,21,25)(H,22,26). The molecule has 1 aromatic rings. The van der Waals surface area contributed by atoms with Crippen molar-refractivity contribution < 1.29 is 14.4 Å². The second-order valence-electron chi connectivity index (χ2n) is 7.77. The van der Waals surface area contributed by atoms with E-state index in [-0.39, 0.29) is 42.9 Å². The van der Waals surface area contributed by atoms with Crippen molar-refractivity contribution in [2.75, 3.05) is 38.5 Å². The van der Waals surface area contributed by atoms with E-state index < -0.39 is 0 Å². The molecule has 0 aliphatic heterocycles. The van der Waals surface area contributed by atoms with Crippen molar-refractivity contribution in [2.45, 2.75) is 40.2 Å². The number of aryl methyl sites for hydroxylation is 1. The first-order chi connectivity index (χ1) is 12.5. The summed E-state index contributed by atoms with van der Waals surface area (Å²) in [5.41, 5.74) is 1.49. The lowest BCUT2D eigenvalue weighted by Crippen LogP contribution is -2.48. The molecule has 0 aliphatic carbocycles. The molecule has 0 fully saturated rings. The molecule has 27 heavy (non-hydrogen) atoms. The van der Waals surface area contributed by atoms with Crippen LogP contribution < -0.4 is 10.6 Å². The zero-order valence-electron chi connectivity index (χ0n) is 17.3. The lowest BCUT2D eigenvalue weighted by Gasteiger charge is -2.26. The monoisotopic (exact) mass is 376 g/mol. The van der Waals surface area contributed by atoms with E-state index in [1.807, 2.05) is 58.9 Å². The Hall–Kier alpha value is -2.41. The predicted molar refractivity (Wildman–Crippen MR) is 107 cm³/mol. The maximum Gasteiger partial charge on any atom is 0.243 e. The third kappa shape index (κ3) is 9.19. The number of carbonyl (C=O) groups is 3. The Morgan fingerprint density at radius 1 is 0.963 bits per heavy atom. The van der Waals surface area contributed by atoms with E-state index in [1.54, 1.807) is 11.9 Å². The SMILES string of the molecule is CCN(CC(=O)NC(C)(C)C)CC(=O)N(C)CC(=O)Nc1ccc(C)cc1. The van der Waals surface area contributed by atoms with Crippen LogP contribution in [0.3, 0.4) is 0 Å². The number of hydrogen-bond acceptors (Lipinski definition) is 4. The first kappa shape index (κ1) is 22.6. The number of nitrogens with one attached hydrogen (secondary N) is 2. The topological polar surface area (TPSA) is 81.8 Å². The maximum atomic E-state index is 12.4. The Balaban J connectivity index is 2.50. The first-order valence-corrected chi connectivity index (χ1v) is 9.14. The first-order valence-electron chi connectivity index (χ1n) is 9.14. The van der Waals surface area contributed by atoms with E-state index in [9.17, 15) is 14.4 Å². The second kappa shape index (κ2) is 10.1. The summed E-state index contributed by atoms with van der Waals surface area (Å²) in [4.78, 5) is 39.7. The lowest BCUT2D eigenvalue weighted by atomic mass is 10.1. The Morgan fingerprint density at radius 2 is 1.56 bits per heavy atom. The minimum atomic E-state index is -0.314. The number of likely N-dealkylation sites (N-methyl/N-ethyl adjacent to an activating group) is 2. The Morgan fingerprint density at radius 3 is 2.07 bits per heavy atom. The highest BCUT2D eigenvalue weighted by molar-refractivity contribution is 5.94. The van der Waals surface area contributed by atoms with E-state index in [0.29, 0.717) is 12.2 Å². The van der Waals surface area contributed by atoms with Crippen molar-refractivity contribution >= 4 is 23.4 Å². The molecule has 2 N–H and O–H groups in total. The molecule has 0 spiro atoms. The van der Waals surface area contributed by atoms with Gasteiger partial charge in [-0.05, 0) is 46.4 Å². The van der Waals surface area contributed by atoms with E-state index >= 15 is 0 Å². The zero-order chi connectivity index (χ0) is 20.6. The Kier molecular flexibility index (Phi) is 8.43. The van der Waals surface area contributed by atoms with Gasteiger partial charge in [0.05, 0.1) is 19.6 Å². The Labute approximate surface area is 162 Å². The number of amides is 3.